The molecule has 2 N–H and O–H groups in total. The molecule has 3 rings (SSSR count). The fourth-order valence-corrected chi connectivity index (χ4v) is 4.02. The third-order valence-corrected chi connectivity index (χ3v) is 5.84. The predicted octanol–water partition coefficient (Wildman–Crippen LogP) is 2.77. The number of rotatable bonds is 7. The number of carbonyl (C=O) groups is 1. The zero-order chi connectivity index (χ0) is 19.3. The topological polar surface area (TPSA) is 95.7 Å². The van der Waals surface area contributed by atoms with Gasteiger partial charge in [-0.05, 0) is 42.7 Å². The van der Waals surface area contributed by atoms with Crippen molar-refractivity contribution in [1.82, 2.24) is 0 Å². The molecule has 27 heavy (non-hydrogen) atoms. The van der Waals surface area contributed by atoms with Crippen LogP contribution in [0.2, 0.25) is 0 Å². The summed E-state index contributed by atoms with van der Waals surface area (Å²) in [5.41, 5.74) is 0.449. The van der Waals surface area contributed by atoms with E-state index in [9.17, 15) is 13.2 Å². The van der Waals surface area contributed by atoms with Crippen molar-refractivity contribution in [2.24, 2.45) is 5.14 Å². The second-order valence-electron chi connectivity index (χ2n) is 6.66. The molecule has 1 aliphatic carbocycles. The first-order valence-corrected chi connectivity index (χ1v) is 10.4. The van der Waals surface area contributed by atoms with Gasteiger partial charge in [0.15, 0.2) is 0 Å². The van der Waals surface area contributed by atoms with Gasteiger partial charge in [-0.25, -0.2) is 13.6 Å². The number of hydrogen-bond donors (Lipinski definition) is 1. The van der Waals surface area contributed by atoms with Crippen LogP contribution in [0, 0.1) is 0 Å². The van der Waals surface area contributed by atoms with E-state index < -0.39 is 15.4 Å². The lowest BCUT2D eigenvalue weighted by Crippen LogP contribution is -2.35. The Hall–Kier alpha value is -2.38. The molecule has 0 bridgehead atoms. The number of benzene rings is 2. The lowest BCUT2D eigenvalue weighted by molar-refractivity contribution is -0.151. The summed E-state index contributed by atoms with van der Waals surface area (Å²) < 4.78 is 33.5. The molecule has 0 amide bonds. The van der Waals surface area contributed by atoms with Gasteiger partial charge in [0.25, 0.3) is 0 Å². The van der Waals surface area contributed by atoms with Gasteiger partial charge in [0, 0.05) is 0 Å². The number of hydrogen-bond acceptors (Lipinski definition) is 5. The van der Waals surface area contributed by atoms with Crippen LogP contribution in [0.25, 0.3) is 0 Å². The zero-order valence-corrected chi connectivity index (χ0v) is 15.8. The molecule has 0 saturated heterocycles. The van der Waals surface area contributed by atoms with Crippen molar-refractivity contribution in [3.8, 4) is 5.75 Å². The normalized spacial score (nSPS) is 16.0. The first kappa shape index (κ1) is 19.4. The molecule has 0 unspecified atom stereocenters. The van der Waals surface area contributed by atoms with Crippen LogP contribution in [0.1, 0.15) is 31.2 Å². The molecular weight excluding hydrogens is 366 g/mol. The average molecular weight is 389 g/mol. The van der Waals surface area contributed by atoms with Gasteiger partial charge in [-0.2, -0.15) is 0 Å². The summed E-state index contributed by atoms with van der Waals surface area (Å²) in [4.78, 5) is 12.8. The number of sulfonamides is 1. The van der Waals surface area contributed by atoms with E-state index in [1.54, 1.807) is 0 Å². The summed E-state index contributed by atoms with van der Waals surface area (Å²) in [6.07, 6.45) is 3.62. The molecule has 6 nitrogen and oxygen atoms in total. The molecule has 7 heteroatoms. The maximum atomic E-state index is 12.8. The number of esters is 1. The number of nitrogens with two attached hydrogens (primary N) is 1. The fraction of sp³-hybridized carbons (Fsp3) is 0.350. The first-order valence-electron chi connectivity index (χ1n) is 8.90. The summed E-state index contributed by atoms with van der Waals surface area (Å²) in [6.45, 7) is 0.315. The van der Waals surface area contributed by atoms with E-state index in [-0.39, 0.29) is 24.1 Å². The Bertz CT molecular complexity index is 872. The van der Waals surface area contributed by atoms with E-state index in [0.29, 0.717) is 5.75 Å². The van der Waals surface area contributed by atoms with Crippen molar-refractivity contribution in [1.29, 1.82) is 0 Å². The molecule has 1 saturated carbocycles. The highest BCUT2D eigenvalue weighted by molar-refractivity contribution is 7.89. The van der Waals surface area contributed by atoms with Gasteiger partial charge in [0.05, 0.1) is 10.3 Å². The maximum absolute atomic E-state index is 12.8. The van der Waals surface area contributed by atoms with Crippen LogP contribution in [0.15, 0.2) is 59.5 Å². The number of ether oxygens (including phenoxy) is 2. The Morgan fingerprint density at radius 3 is 2.19 bits per heavy atom. The molecule has 0 spiro atoms. The van der Waals surface area contributed by atoms with Crippen LogP contribution in [-0.2, 0) is 25.0 Å². The van der Waals surface area contributed by atoms with Crippen molar-refractivity contribution < 1.29 is 22.7 Å². The summed E-state index contributed by atoms with van der Waals surface area (Å²) in [6, 6.07) is 15.6. The number of primary sulfonamides is 1. The Balaban J connectivity index is 1.54. The van der Waals surface area contributed by atoms with Crippen molar-refractivity contribution in [2.75, 3.05) is 13.2 Å². The summed E-state index contributed by atoms with van der Waals surface area (Å²) in [5.74, 6) is 0.275. The minimum atomic E-state index is -3.72. The van der Waals surface area contributed by atoms with Gasteiger partial charge in [0.2, 0.25) is 10.0 Å². The molecule has 2 aromatic carbocycles. The van der Waals surface area contributed by atoms with E-state index in [2.05, 4.69) is 0 Å². The quantitative estimate of drug-likeness (QED) is 0.580. The second-order valence-corrected chi connectivity index (χ2v) is 8.22. The molecule has 144 valence electrons. The van der Waals surface area contributed by atoms with E-state index >= 15 is 0 Å². The Kier molecular flexibility index (Phi) is 5.82. The second kappa shape index (κ2) is 8.10. The molecule has 0 radical (unpaired) electrons. The largest absolute Gasteiger partial charge is 0.490 e. The van der Waals surface area contributed by atoms with E-state index in [0.717, 1.165) is 31.2 Å². The monoisotopic (exact) mass is 389 g/mol. The first-order chi connectivity index (χ1) is 12.9. The van der Waals surface area contributed by atoms with Gasteiger partial charge < -0.3 is 9.47 Å². The van der Waals surface area contributed by atoms with Gasteiger partial charge >= 0.3 is 5.97 Å². The van der Waals surface area contributed by atoms with Crippen molar-refractivity contribution in [3.63, 3.8) is 0 Å². The SMILES string of the molecule is NS(=O)(=O)c1ccc(OCCOC(=O)C2(c3ccccc3)CCCC2)cc1. The van der Waals surface area contributed by atoms with Crippen molar-refractivity contribution >= 4 is 16.0 Å². The van der Waals surface area contributed by atoms with Gasteiger partial charge in [-0.1, -0.05) is 43.2 Å². The van der Waals surface area contributed by atoms with E-state index in [1.807, 2.05) is 30.3 Å². The Labute approximate surface area is 159 Å². The Morgan fingerprint density at radius 1 is 0.963 bits per heavy atom. The molecular formula is C20H23NO5S. The van der Waals surface area contributed by atoms with Gasteiger partial charge in [-0.3, -0.25) is 4.79 Å². The average Bonchev–Trinajstić information content (AvgIpc) is 3.17. The molecule has 1 fully saturated rings. The summed E-state index contributed by atoms with van der Waals surface area (Å²) in [7, 11) is -3.72. The minimum absolute atomic E-state index is 0.0207. The summed E-state index contributed by atoms with van der Waals surface area (Å²) in [5, 5.41) is 5.06. The van der Waals surface area contributed by atoms with Crippen LogP contribution in [-0.4, -0.2) is 27.6 Å². The highest BCUT2D eigenvalue weighted by atomic mass is 32.2. The standard InChI is InChI=1S/C20H23NO5S/c21-27(23,24)18-10-8-17(9-11-18)25-14-15-26-19(22)20(12-4-5-13-20)16-6-2-1-3-7-16/h1-3,6-11H,4-5,12-15H2,(H2,21,23,24). The third-order valence-electron chi connectivity index (χ3n) is 4.91. The predicted molar refractivity (Wildman–Crippen MR) is 101 cm³/mol. The molecule has 0 heterocycles. The van der Waals surface area contributed by atoms with Crippen LogP contribution in [0.4, 0.5) is 0 Å². The van der Waals surface area contributed by atoms with Gasteiger partial charge in [-0.15, -0.1) is 0 Å². The molecule has 0 aromatic heterocycles. The number of carbonyl (C=O) groups excluding carboxylic acids is 1. The summed E-state index contributed by atoms with van der Waals surface area (Å²) >= 11 is 0. The van der Waals surface area contributed by atoms with Crippen LogP contribution < -0.4 is 9.88 Å². The Morgan fingerprint density at radius 2 is 1.59 bits per heavy atom. The van der Waals surface area contributed by atoms with Crippen LogP contribution in [0.3, 0.4) is 0 Å². The molecule has 2 aromatic rings. The van der Waals surface area contributed by atoms with E-state index in [1.165, 1.54) is 24.3 Å². The van der Waals surface area contributed by atoms with Crippen molar-refractivity contribution in [2.45, 2.75) is 36.0 Å². The third kappa shape index (κ3) is 4.48. The van der Waals surface area contributed by atoms with Crippen molar-refractivity contribution in [3.05, 3.63) is 60.2 Å². The van der Waals surface area contributed by atoms with Gasteiger partial charge in [0.1, 0.15) is 19.0 Å². The smallest absolute Gasteiger partial charge is 0.316 e. The maximum Gasteiger partial charge on any atom is 0.316 e. The molecule has 0 aliphatic heterocycles. The minimum Gasteiger partial charge on any atom is -0.490 e. The van der Waals surface area contributed by atoms with Crippen LogP contribution in [0.5, 0.6) is 5.75 Å². The highest BCUT2D eigenvalue weighted by Gasteiger charge is 2.43. The lowest BCUT2D eigenvalue weighted by Gasteiger charge is -2.27. The van der Waals surface area contributed by atoms with Crippen LogP contribution >= 0.6 is 0 Å². The highest BCUT2D eigenvalue weighted by Crippen LogP contribution is 2.42. The van der Waals surface area contributed by atoms with E-state index in [4.69, 9.17) is 14.6 Å². The fourth-order valence-electron chi connectivity index (χ4n) is 3.50. The lowest BCUT2D eigenvalue weighted by atomic mass is 9.79. The zero-order valence-electron chi connectivity index (χ0n) is 15.0. The molecule has 0 atom stereocenters. The molecule has 1 aliphatic rings.